The van der Waals surface area contributed by atoms with Gasteiger partial charge in [-0.25, -0.2) is 0 Å². The topological polar surface area (TPSA) is 21.3 Å². The molecule has 1 N–H and O–H groups in total. The highest BCUT2D eigenvalue weighted by Crippen LogP contribution is 2.21. The fourth-order valence-corrected chi connectivity index (χ4v) is 1.77. The third kappa shape index (κ3) is 5.85. The van der Waals surface area contributed by atoms with Crippen molar-refractivity contribution >= 4 is 11.6 Å². The maximum Gasteiger partial charge on any atom is 0.0602 e. The number of halogens is 1. The van der Waals surface area contributed by atoms with Crippen molar-refractivity contribution < 1.29 is 4.74 Å². The van der Waals surface area contributed by atoms with Crippen LogP contribution in [-0.4, -0.2) is 25.6 Å². The summed E-state index contributed by atoms with van der Waals surface area (Å²) in [6.07, 6.45) is 0. The zero-order chi connectivity index (χ0) is 13.4. The molecule has 0 aliphatic heterocycles. The molecule has 0 atom stereocenters. The lowest BCUT2D eigenvalue weighted by molar-refractivity contribution is 0.151. The predicted molar refractivity (Wildman–Crippen MR) is 78.4 cm³/mol. The zero-order valence-corrected chi connectivity index (χ0v) is 12.4. The summed E-state index contributed by atoms with van der Waals surface area (Å²) in [5, 5.41) is 3.35. The van der Waals surface area contributed by atoms with Crippen molar-refractivity contribution in [2.24, 2.45) is 0 Å². The van der Waals surface area contributed by atoms with Crippen molar-refractivity contribution in [2.75, 3.05) is 25.6 Å². The Morgan fingerprint density at radius 1 is 1.11 bits per heavy atom. The normalized spacial score (nSPS) is 11.8. The van der Waals surface area contributed by atoms with E-state index >= 15 is 0 Å². The molecule has 1 aromatic carbocycles. The van der Waals surface area contributed by atoms with Gasteiger partial charge < -0.3 is 10.1 Å². The molecular weight excluding hydrogens is 246 g/mol. The first-order chi connectivity index (χ1) is 8.54. The summed E-state index contributed by atoms with van der Waals surface area (Å²) in [6.45, 7) is 9.78. The minimum atomic E-state index is 0.224. The van der Waals surface area contributed by atoms with Crippen molar-refractivity contribution in [3.63, 3.8) is 0 Å². The molecular formula is C15H24ClNO. The van der Waals surface area contributed by atoms with Gasteiger partial charge in [-0.1, -0.05) is 45.0 Å². The molecule has 0 spiro atoms. The smallest absolute Gasteiger partial charge is 0.0602 e. The lowest BCUT2D eigenvalue weighted by Gasteiger charge is -2.19. The lowest BCUT2D eigenvalue weighted by Crippen LogP contribution is -2.20. The van der Waals surface area contributed by atoms with Crippen molar-refractivity contribution in [3.05, 3.63) is 35.4 Å². The van der Waals surface area contributed by atoms with Crippen LogP contribution in [0, 0.1) is 0 Å². The average molecular weight is 270 g/mol. The van der Waals surface area contributed by atoms with Gasteiger partial charge in [0.2, 0.25) is 0 Å². The largest absolute Gasteiger partial charge is 0.379 e. The number of alkyl halides is 1. The molecule has 0 saturated carbocycles. The molecule has 0 aromatic heterocycles. The minimum Gasteiger partial charge on any atom is -0.379 e. The molecule has 0 heterocycles. The highest BCUT2D eigenvalue weighted by atomic mass is 35.5. The minimum absolute atomic E-state index is 0.224. The Labute approximate surface area is 116 Å². The van der Waals surface area contributed by atoms with E-state index in [0.29, 0.717) is 19.1 Å². The van der Waals surface area contributed by atoms with E-state index in [0.717, 1.165) is 13.1 Å². The first kappa shape index (κ1) is 15.5. The van der Waals surface area contributed by atoms with Gasteiger partial charge in [-0.15, -0.1) is 11.6 Å². The Bertz CT molecular complexity index is 329. The Morgan fingerprint density at radius 3 is 2.33 bits per heavy atom. The molecule has 3 heteroatoms. The van der Waals surface area contributed by atoms with E-state index in [4.69, 9.17) is 16.3 Å². The van der Waals surface area contributed by atoms with Crippen LogP contribution >= 0.6 is 11.6 Å². The van der Waals surface area contributed by atoms with Crippen LogP contribution in [0.4, 0.5) is 0 Å². The molecule has 18 heavy (non-hydrogen) atoms. The molecule has 0 radical (unpaired) electrons. The second kappa shape index (κ2) is 7.78. The van der Waals surface area contributed by atoms with Gasteiger partial charge in [-0.2, -0.15) is 0 Å². The van der Waals surface area contributed by atoms with Crippen molar-refractivity contribution in [1.29, 1.82) is 0 Å². The summed E-state index contributed by atoms with van der Waals surface area (Å²) in [4.78, 5) is 0. The summed E-state index contributed by atoms with van der Waals surface area (Å²) in [6, 6.07) is 8.79. The van der Waals surface area contributed by atoms with Crippen LogP contribution in [0.25, 0.3) is 0 Å². The summed E-state index contributed by atoms with van der Waals surface area (Å²) >= 11 is 5.52. The van der Waals surface area contributed by atoms with Crippen LogP contribution in [0.15, 0.2) is 24.3 Å². The second-order valence-corrected chi connectivity index (χ2v) is 5.80. The summed E-state index contributed by atoms with van der Waals surface area (Å²) in [5.74, 6) is 0.564. The van der Waals surface area contributed by atoms with Gasteiger partial charge in [0.25, 0.3) is 0 Å². The number of hydrogen-bond acceptors (Lipinski definition) is 2. The molecule has 0 fully saturated rings. The van der Waals surface area contributed by atoms with E-state index in [-0.39, 0.29) is 5.41 Å². The van der Waals surface area contributed by atoms with E-state index in [1.165, 1.54) is 11.1 Å². The first-order valence-electron chi connectivity index (χ1n) is 6.48. The van der Waals surface area contributed by atoms with Gasteiger partial charge in [0.05, 0.1) is 13.2 Å². The van der Waals surface area contributed by atoms with E-state index in [1.807, 2.05) is 0 Å². The van der Waals surface area contributed by atoms with Gasteiger partial charge in [0, 0.05) is 19.0 Å². The maximum atomic E-state index is 5.52. The van der Waals surface area contributed by atoms with Gasteiger partial charge in [-0.05, 0) is 16.5 Å². The number of benzene rings is 1. The van der Waals surface area contributed by atoms with Crippen molar-refractivity contribution in [1.82, 2.24) is 5.32 Å². The number of rotatable bonds is 7. The van der Waals surface area contributed by atoms with Gasteiger partial charge >= 0.3 is 0 Å². The molecule has 0 aliphatic carbocycles. The quantitative estimate of drug-likeness (QED) is 0.606. The van der Waals surface area contributed by atoms with Crippen LogP contribution in [0.3, 0.4) is 0 Å². The fraction of sp³-hybridized carbons (Fsp3) is 0.600. The Morgan fingerprint density at radius 2 is 1.78 bits per heavy atom. The highest BCUT2D eigenvalue weighted by molar-refractivity contribution is 6.17. The standard InChI is InChI=1S/C15H24ClNO/c1-15(2,3)14-6-4-13(5-7-14)12-17-9-11-18-10-8-16/h4-7,17H,8-12H2,1-3H3. The Kier molecular flexibility index (Phi) is 6.69. The second-order valence-electron chi connectivity index (χ2n) is 5.43. The molecule has 102 valence electrons. The van der Waals surface area contributed by atoms with Crippen molar-refractivity contribution in [3.8, 4) is 0 Å². The molecule has 0 unspecified atom stereocenters. The molecule has 1 rings (SSSR count). The van der Waals surface area contributed by atoms with Crippen LogP contribution in [0.1, 0.15) is 31.9 Å². The van der Waals surface area contributed by atoms with Gasteiger partial charge in [0.15, 0.2) is 0 Å². The third-order valence-electron chi connectivity index (χ3n) is 2.79. The SMILES string of the molecule is CC(C)(C)c1ccc(CNCCOCCCl)cc1. The van der Waals surface area contributed by atoms with E-state index in [9.17, 15) is 0 Å². The fourth-order valence-electron chi connectivity index (χ4n) is 1.66. The predicted octanol–water partition coefficient (Wildman–Crippen LogP) is 3.33. The molecule has 0 aliphatic rings. The monoisotopic (exact) mass is 269 g/mol. The summed E-state index contributed by atoms with van der Waals surface area (Å²) < 4.78 is 5.29. The molecule has 0 bridgehead atoms. The maximum absolute atomic E-state index is 5.52. The lowest BCUT2D eigenvalue weighted by atomic mass is 9.87. The number of ether oxygens (including phenoxy) is 1. The summed E-state index contributed by atoms with van der Waals surface area (Å²) in [5.41, 5.74) is 2.90. The molecule has 1 aromatic rings. The molecule has 2 nitrogen and oxygen atoms in total. The van der Waals surface area contributed by atoms with Crippen LogP contribution in [0.2, 0.25) is 0 Å². The number of hydrogen-bond donors (Lipinski definition) is 1. The van der Waals surface area contributed by atoms with Crippen LogP contribution in [0.5, 0.6) is 0 Å². The van der Waals surface area contributed by atoms with E-state index in [2.05, 4.69) is 50.4 Å². The Balaban J connectivity index is 2.27. The number of nitrogens with one attached hydrogen (secondary N) is 1. The van der Waals surface area contributed by atoms with Gasteiger partial charge in [0.1, 0.15) is 0 Å². The zero-order valence-electron chi connectivity index (χ0n) is 11.6. The third-order valence-corrected chi connectivity index (χ3v) is 2.95. The van der Waals surface area contributed by atoms with Crippen molar-refractivity contribution in [2.45, 2.75) is 32.7 Å². The van der Waals surface area contributed by atoms with E-state index in [1.54, 1.807) is 0 Å². The van der Waals surface area contributed by atoms with E-state index < -0.39 is 0 Å². The van der Waals surface area contributed by atoms with Gasteiger partial charge in [-0.3, -0.25) is 0 Å². The van der Waals surface area contributed by atoms with Crippen LogP contribution < -0.4 is 5.32 Å². The molecule has 0 amide bonds. The highest BCUT2D eigenvalue weighted by Gasteiger charge is 2.12. The summed E-state index contributed by atoms with van der Waals surface area (Å²) in [7, 11) is 0. The van der Waals surface area contributed by atoms with Crippen LogP contribution in [-0.2, 0) is 16.7 Å². The molecule has 0 saturated heterocycles. The average Bonchev–Trinajstić information content (AvgIpc) is 2.33. The Hall–Kier alpha value is -0.570. The first-order valence-corrected chi connectivity index (χ1v) is 7.01.